The summed E-state index contributed by atoms with van der Waals surface area (Å²) < 4.78 is 0. The van der Waals surface area contributed by atoms with Crippen LogP contribution in [0.2, 0.25) is 0 Å². The standard InChI is InChI=1S/C17H19N3O3/c1-10-7-14(9-16(18-10)20-12(3)21)17(23)19-11(2)13-5-4-6-15(22)8-13/h4-9,11,22H,1-3H3,(H,19,23)(H,18,20,21)/t11-/m1/s1. The van der Waals surface area contributed by atoms with E-state index in [0.717, 1.165) is 5.56 Å². The maximum absolute atomic E-state index is 12.4. The molecular formula is C17H19N3O3. The number of aromatic nitrogens is 1. The topological polar surface area (TPSA) is 91.3 Å². The Labute approximate surface area is 134 Å². The van der Waals surface area contributed by atoms with E-state index < -0.39 is 0 Å². The Bertz CT molecular complexity index is 744. The number of aryl methyl sites for hydroxylation is 1. The second-order valence-electron chi connectivity index (χ2n) is 5.35. The van der Waals surface area contributed by atoms with E-state index in [9.17, 15) is 14.7 Å². The number of hydrogen-bond donors (Lipinski definition) is 3. The van der Waals surface area contributed by atoms with Crippen molar-refractivity contribution in [2.45, 2.75) is 26.8 Å². The summed E-state index contributed by atoms with van der Waals surface area (Å²) in [5.41, 5.74) is 1.84. The predicted octanol–water partition coefficient (Wildman–Crippen LogP) is 2.55. The third kappa shape index (κ3) is 4.54. The van der Waals surface area contributed by atoms with Gasteiger partial charge in [0.1, 0.15) is 11.6 Å². The summed E-state index contributed by atoms with van der Waals surface area (Å²) in [4.78, 5) is 27.7. The van der Waals surface area contributed by atoms with Crippen LogP contribution in [0.1, 0.15) is 41.5 Å². The summed E-state index contributed by atoms with van der Waals surface area (Å²) in [7, 11) is 0. The van der Waals surface area contributed by atoms with Gasteiger partial charge in [-0.2, -0.15) is 0 Å². The Kier molecular flexibility index (Phi) is 4.95. The van der Waals surface area contributed by atoms with E-state index >= 15 is 0 Å². The van der Waals surface area contributed by atoms with Gasteiger partial charge in [0.05, 0.1) is 6.04 Å². The fraction of sp³-hybridized carbons (Fsp3) is 0.235. The number of phenols is 1. The number of benzene rings is 1. The normalized spacial score (nSPS) is 11.6. The van der Waals surface area contributed by atoms with Crippen molar-refractivity contribution in [3.05, 3.63) is 53.2 Å². The molecule has 0 saturated heterocycles. The lowest BCUT2D eigenvalue weighted by atomic mass is 10.1. The number of anilines is 1. The van der Waals surface area contributed by atoms with Gasteiger partial charge in [-0.15, -0.1) is 0 Å². The first-order valence-electron chi connectivity index (χ1n) is 7.21. The number of pyridine rings is 1. The molecule has 1 heterocycles. The first-order chi connectivity index (χ1) is 10.8. The van der Waals surface area contributed by atoms with Gasteiger partial charge in [0.2, 0.25) is 5.91 Å². The highest BCUT2D eigenvalue weighted by molar-refractivity contribution is 5.96. The Morgan fingerprint density at radius 1 is 1.22 bits per heavy atom. The van der Waals surface area contributed by atoms with E-state index in [1.165, 1.54) is 13.0 Å². The van der Waals surface area contributed by atoms with Gasteiger partial charge in [0, 0.05) is 18.2 Å². The number of amides is 2. The van der Waals surface area contributed by atoms with E-state index in [2.05, 4.69) is 15.6 Å². The van der Waals surface area contributed by atoms with Gasteiger partial charge in [-0.25, -0.2) is 4.98 Å². The molecule has 3 N–H and O–H groups in total. The number of carbonyl (C=O) groups excluding carboxylic acids is 2. The molecule has 1 aromatic carbocycles. The quantitative estimate of drug-likeness (QED) is 0.809. The molecule has 2 aromatic rings. The van der Waals surface area contributed by atoms with Crippen molar-refractivity contribution in [3.63, 3.8) is 0 Å². The van der Waals surface area contributed by atoms with Gasteiger partial charge >= 0.3 is 0 Å². The second-order valence-corrected chi connectivity index (χ2v) is 5.35. The molecule has 0 aliphatic carbocycles. The molecule has 0 fully saturated rings. The molecule has 0 aliphatic rings. The number of nitrogens with one attached hydrogen (secondary N) is 2. The Hall–Kier alpha value is -2.89. The molecule has 0 bridgehead atoms. The molecule has 1 aromatic heterocycles. The SMILES string of the molecule is CC(=O)Nc1cc(C(=O)N[C@H](C)c2cccc(O)c2)cc(C)n1. The summed E-state index contributed by atoms with van der Waals surface area (Å²) in [6.45, 7) is 4.96. The first kappa shape index (κ1) is 16.5. The largest absolute Gasteiger partial charge is 0.508 e. The number of nitrogens with zero attached hydrogens (tertiary/aromatic N) is 1. The third-order valence-electron chi connectivity index (χ3n) is 3.24. The highest BCUT2D eigenvalue weighted by Crippen LogP contribution is 2.19. The van der Waals surface area contributed by atoms with Gasteiger partial charge < -0.3 is 15.7 Å². The molecule has 0 radical (unpaired) electrons. The second kappa shape index (κ2) is 6.91. The molecule has 0 unspecified atom stereocenters. The maximum Gasteiger partial charge on any atom is 0.251 e. The van der Waals surface area contributed by atoms with E-state index in [4.69, 9.17) is 0 Å². The maximum atomic E-state index is 12.4. The molecule has 6 heteroatoms. The van der Waals surface area contributed by atoms with Gasteiger partial charge in [-0.3, -0.25) is 9.59 Å². The molecular weight excluding hydrogens is 294 g/mol. The van der Waals surface area contributed by atoms with E-state index in [-0.39, 0.29) is 23.6 Å². The summed E-state index contributed by atoms with van der Waals surface area (Å²) in [5.74, 6) is -0.0375. The Morgan fingerprint density at radius 2 is 1.96 bits per heavy atom. The van der Waals surface area contributed by atoms with Crippen LogP contribution in [0.5, 0.6) is 5.75 Å². The van der Waals surface area contributed by atoms with Crippen molar-refractivity contribution in [1.82, 2.24) is 10.3 Å². The van der Waals surface area contributed by atoms with Crippen LogP contribution in [0.4, 0.5) is 5.82 Å². The van der Waals surface area contributed by atoms with E-state index in [1.807, 2.05) is 13.0 Å². The summed E-state index contributed by atoms with van der Waals surface area (Å²) in [6, 6.07) is 9.63. The minimum atomic E-state index is -0.280. The third-order valence-corrected chi connectivity index (χ3v) is 3.24. The van der Waals surface area contributed by atoms with Crippen molar-refractivity contribution in [2.75, 3.05) is 5.32 Å². The minimum Gasteiger partial charge on any atom is -0.508 e. The molecule has 120 valence electrons. The van der Waals surface area contributed by atoms with Crippen molar-refractivity contribution in [3.8, 4) is 5.75 Å². The zero-order valence-corrected chi connectivity index (χ0v) is 13.3. The van der Waals surface area contributed by atoms with Crippen LogP contribution in [0.15, 0.2) is 36.4 Å². The van der Waals surface area contributed by atoms with Crippen LogP contribution in [0, 0.1) is 6.92 Å². The van der Waals surface area contributed by atoms with Crippen molar-refractivity contribution < 1.29 is 14.7 Å². The van der Waals surface area contributed by atoms with Crippen molar-refractivity contribution in [1.29, 1.82) is 0 Å². The predicted molar refractivity (Wildman–Crippen MR) is 87.3 cm³/mol. The van der Waals surface area contributed by atoms with Gasteiger partial charge in [-0.1, -0.05) is 12.1 Å². The fourth-order valence-electron chi connectivity index (χ4n) is 2.20. The molecule has 23 heavy (non-hydrogen) atoms. The van der Waals surface area contributed by atoms with E-state index in [0.29, 0.717) is 17.1 Å². The zero-order chi connectivity index (χ0) is 17.0. The molecule has 2 rings (SSSR count). The smallest absolute Gasteiger partial charge is 0.251 e. The van der Waals surface area contributed by atoms with Crippen molar-refractivity contribution >= 4 is 17.6 Å². The number of carbonyl (C=O) groups is 2. The number of hydrogen-bond acceptors (Lipinski definition) is 4. The molecule has 0 spiro atoms. The van der Waals surface area contributed by atoms with E-state index in [1.54, 1.807) is 31.2 Å². The summed E-state index contributed by atoms with van der Waals surface area (Å²) >= 11 is 0. The summed E-state index contributed by atoms with van der Waals surface area (Å²) in [6.07, 6.45) is 0. The monoisotopic (exact) mass is 313 g/mol. The lowest BCUT2D eigenvalue weighted by Gasteiger charge is -2.15. The van der Waals surface area contributed by atoms with Crippen molar-refractivity contribution in [2.24, 2.45) is 0 Å². The molecule has 2 amide bonds. The van der Waals surface area contributed by atoms with Crippen LogP contribution < -0.4 is 10.6 Å². The van der Waals surface area contributed by atoms with Crippen LogP contribution in [0.25, 0.3) is 0 Å². The van der Waals surface area contributed by atoms with Crippen LogP contribution >= 0.6 is 0 Å². The lowest BCUT2D eigenvalue weighted by Crippen LogP contribution is -2.27. The van der Waals surface area contributed by atoms with Gasteiger partial charge in [0.15, 0.2) is 0 Å². The Balaban J connectivity index is 2.17. The summed E-state index contributed by atoms with van der Waals surface area (Å²) in [5, 5.41) is 14.9. The van der Waals surface area contributed by atoms with Crippen LogP contribution in [-0.4, -0.2) is 21.9 Å². The lowest BCUT2D eigenvalue weighted by molar-refractivity contribution is -0.114. The molecule has 0 aliphatic heterocycles. The molecule has 6 nitrogen and oxygen atoms in total. The highest BCUT2D eigenvalue weighted by atomic mass is 16.3. The number of aromatic hydroxyl groups is 1. The first-order valence-corrected chi connectivity index (χ1v) is 7.21. The number of phenolic OH excluding ortho intramolecular Hbond substituents is 1. The molecule has 1 atom stereocenters. The zero-order valence-electron chi connectivity index (χ0n) is 13.3. The average Bonchev–Trinajstić information content (AvgIpc) is 2.45. The van der Waals surface area contributed by atoms with Gasteiger partial charge in [-0.05, 0) is 43.7 Å². The molecule has 0 saturated carbocycles. The highest BCUT2D eigenvalue weighted by Gasteiger charge is 2.14. The number of rotatable bonds is 4. The average molecular weight is 313 g/mol. The van der Waals surface area contributed by atoms with Gasteiger partial charge in [0.25, 0.3) is 5.91 Å². The Morgan fingerprint density at radius 3 is 2.61 bits per heavy atom. The van der Waals surface area contributed by atoms with Crippen LogP contribution in [-0.2, 0) is 4.79 Å². The minimum absolute atomic E-state index is 0.149. The fourth-order valence-corrected chi connectivity index (χ4v) is 2.20. The van der Waals surface area contributed by atoms with Crippen LogP contribution in [0.3, 0.4) is 0 Å².